The summed E-state index contributed by atoms with van der Waals surface area (Å²) < 4.78 is 2.32. The van der Waals surface area contributed by atoms with Crippen LogP contribution in [0.3, 0.4) is 0 Å². The molecule has 1 nitrogen and oxygen atoms in total. The smallest absolute Gasteiger partial charge is 0.171 e. The summed E-state index contributed by atoms with van der Waals surface area (Å²) in [6.07, 6.45) is 16.7. The molecule has 0 spiro atoms. The maximum absolute atomic E-state index is 2.32. The van der Waals surface area contributed by atoms with Gasteiger partial charge >= 0.3 is 0 Å². The Morgan fingerprint density at radius 2 is 1.61 bits per heavy atom. The molecule has 0 saturated carbocycles. The first-order valence-corrected chi connectivity index (χ1v) is 7.84. The van der Waals surface area contributed by atoms with Crippen molar-refractivity contribution in [1.29, 1.82) is 0 Å². The second kappa shape index (κ2) is 10.1. The topological polar surface area (TPSA) is 3.88 Å². The predicted octanol–water partition coefficient (Wildman–Crippen LogP) is 4.68. The Morgan fingerprint density at radius 1 is 0.889 bits per heavy atom. The average molecular weight is 248 g/mol. The van der Waals surface area contributed by atoms with Crippen LogP contribution in [0, 0.1) is 0 Å². The minimum atomic E-state index is 1.14. The minimum Gasteiger partial charge on any atom is -0.205 e. The highest BCUT2D eigenvalue weighted by molar-refractivity contribution is 5.05. The zero-order chi connectivity index (χ0) is 13.1. The fourth-order valence-electron chi connectivity index (χ4n) is 2.41. The molecule has 1 heteroatoms. The van der Waals surface area contributed by atoms with Crippen molar-refractivity contribution in [3.8, 4) is 0 Å². The SMILES string of the molecule is CCCCCCCCCc1ccc[n+](CCC)c1. The lowest BCUT2D eigenvalue weighted by molar-refractivity contribution is -0.697. The Labute approximate surface area is 113 Å². The average Bonchev–Trinajstić information content (AvgIpc) is 2.39. The molecule has 0 aliphatic heterocycles. The van der Waals surface area contributed by atoms with Gasteiger partial charge in [0, 0.05) is 18.1 Å². The lowest BCUT2D eigenvalue weighted by atomic mass is 10.1. The summed E-state index contributed by atoms with van der Waals surface area (Å²) in [5, 5.41) is 0. The molecule has 0 radical (unpaired) electrons. The van der Waals surface area contributed by atoms with Crippen LogP contribution in [0.25, 0.3) is 0 Å². The zero-order valence-electron chi connectivity index (χ0n) is 12.3. The van der Waals surface area contributed by atoms with E-state index in [0.717, 1.165) is 6.54 Å². The molecule has 0 saturated heterocycles. The van der Waals surface area contributed by atoms with E-state index in [1.54, 1.807) is 0 Å². The van der Waals surface area contributed by atoms with E-state index in [4.69, 9.17) is 0 Å². The summed E-state index contributed by atoms with van der Waals surface area (Å²) in [6.45, 7) is 5.65. The number of rotatable bonds is 10. The number of nitrogens with zero attached hydrogens (tertiary/aromatic N) is 1. The molecule has 0 atom stereocenters. The maximum atomic E-state index is 2.32. The highest BCUT2D eigenvalue weighted by Crippen LogP contribution is 2.09. The zero-order valence-corrected chi connectivity index (χ0v) is 12.3. The molecule has 1 aromatic rings. The number of aryl methyl sites for hydroxylation is 2. The largest absolute Gasteiger partial charge is 0.205 e. The van der Waals surface area contributed by atoms with Gasteiger partial charge in [0.15, 0.2) is 12.4 Å². The van der Waals surface area contributed by atoms with E-state index in [1.165, 1.54) is 63.4 Å². The quantitative estimate of drug-likeness (QED) is 0.418. The summed E-state index contributed by atoms with van der Waals surface area (Å²) in [7, 11) is 0. The third kappa shape index (κ3) is 6.78. The number of hydrogen-bond acceptors (Lipinski definition) is 0. The van der Waals surface area contributed by atoms with Gasteiger partial charge in [0.05, 0.1) is 0 Å². The molecule has 0 bridgehead atoms. The third-order valence-electron chi connectivity index (χ3n) is 3.47. The molecule has 0 aliphatic rings. The normalized spacial score (nSPS) is 10.8. The fraction of sp³-hybridized carbons (Fsp3) is 0.706. The van der Waals surface area contributed by atoms with Gasteiger partial charge in [-0.25, -0.2) is 4.57 Å². The minimum absolute atomic E-state index is 1.14. The van der Waals surface area contributed by atoms with Crippen molar-refractivity contribution in [3.63, 3.8) is 0 Å². The summed E-state index contributed by atoms with van der Waals surface area (Å²) in [5.41, 5.74) is 1.50. The van der Waals surface area contributed by atoms with Gasteiger partial charge in [-0.05, 0) is 18.9 Å². The van der Waals surface area contributed by atoms with Gasteiger partial charge in [-0.3, -0.25) is 0 Å². The Bertz CT molecular complexity index is 306. The van der Waals surface area contributed by atoms with E-state index in [9.17, 15) is 0 Å². The van der Waals surface area contributed by atoms with Crippen LogP contribution in [0.1, 0.15) is 70.8 Å². The summed E-state index contributed by atoms with van der Waals surface area (Å²) >= 11 is 0. The van der Waals surface area contributed by atoms with E-state index in [0.29, 0.717) is 0 Å². The molecule has 0 aromatic carbocycles. The number of aromatic nitrogens is 1. The van der Waals surface area contributed by atoms with E-state index in [1.807, 2.05) is 0 Å². The lowest BCUT2D eigenvalue weighted by Crippen LogP contribution is -2.32. The van der Waals surface area contributed by atoms with Gasteiger partial charge in [-0.15, -0.1) is 0 Å². The van der Waals surface area contributed by atoms with Gasteiger partial charge in [0.2, 0.25) is 0 Å². The van der Waals surface area contributed by atoms with Crippen molar-refractivity contribution >= 4 is 0 Å². The molecule has 102 valence electrons. The maximum Gasteiger partial charge on any atom is 0.171 e. The number of hydrogen-bond donors (Lipinski definition) is 0. The highest BCUT2D eigenvalue weighted by Gasteiger charge is 2.01. The van der Waals surface area contributed by atoms with Crippen molar-refractivity contribution in [3.05, 3.63) is 30.1 Å². The van der Waals surface area contributed by atoms with E-state index in [-0.39, 0.29) is 0 Å². The number of pyridine rings is 1. The first-order chi connectivity index (χ1) is 8.86. The van der Waals surface area contributed by atoms with E-state index >= 15 is 0 Å². The van der Waals surface area contributed by atoms with Crippen molar-refractivity contribution < 1.29 is 4.57 Å². The van der Waals surface area contributed by atoms with Crippen LogP contribution >= 0.6 is 0 Å². The molecule has 18 heavy (non-hydrogen) atoms. The van der Waals surface area contributed by atoms with Crippen LogP contribution in [0.15, 0.2) is 24.5 Å². The Kier molecular flexibility index (Phi) is 8.54. The molecule has 1 aromatic heterocycles. The molecule has 0 N–H and O–H groups in total. The van der Waals surface area contributed by atoms with E-state index < -0.39 is 0 Å². The Hall–Kier alpha value is -0.850. The van der Waals surface area contributed by atoms with E-state index in [2.05, 4.69) is 42.9 Å². The van der Waals surface area contributed by atoms with Crippen LogP contribution in [0.4, 0.5) is 0 Å². The van der Waals surface area contributed by atoms with Crippen LogP contribution in [0.2, 0.25) is 0 Å². The monoisotopic (exact) mass is 248 g/mol. The first-order valence-electron chi connectivity index (χ1n) is 7.84. The van der Waals surface area contributed by atoms with Crippen LogP contribution < -0.4 is 4.57 Å². The molecule has 0 aliphatic carbocycles. The van der Waals surface area contributed by atoms with Crippen molar-refractivity contribution in [1.82, 2.24) is 0 Å². The van der Waals surface area contributed by atoms with Crippen LogP contribution in [-0.4, -0.2) is 0 Å². The highest BCUT2D eigenvalue weighted by atomic mass is 14.9. The van der Waals surface area contributed by atoms with Gasteiger partial charge in [0.1, 0.15) is 6.54 Å². The van der Waals surface area contributed by atoms with Gasteiger partial charge in [-0.1, -0.05) is 52.4 Å². The Morgan fingerprint density at radius 3 is 2.33 bits per heavy atom. The number of unbranched alkanes of at least 4 members (excludes halogenated alkanes) is 6. The van der Waals surface area contributed by atoms with Crippen LogP contribution in [0.5, 0.6) is 0 Å². The molecule has 0 fully saturated rings. The van der Waals surface area contributed by atoms with Crippen LogP contribution in [-0.2, 0) is 13.0 Å². The van der Waals surface area contributed by atoms with Gasteiger partial charge in [-0.2, -0.15) is 0 Å². The first kappa shape index (κ1) is 15.2. The molecule has 1 rings (SSSR count). The lowest BCUT2D eigenvalue weighted by Gasteiger charge is -2.02. The third-order valence-corrected chi connectivity index (χ3v) is 3.47. The van der Waals surface area contributed by atoms with Gasteiger partial charge < -0.3 is 0 Å². The summed E-state index contributed by atoms with van der Waals surface area (Å²) in [6, 6.07) is 4.45. The second-order valence-electron chi connectivity index (χ2n) is 5.32. The second-order valence-corrected chi connectivity index (χ2v) is 5.32. The predicted molar refractivity (Wildman–Crippen MR) is 78.6 cm³/mol. The fourth-order valence-corrected chi connectivity index (χ4v) is 2.41. The Balaban J connectivity index is 2.13. The molecular weight excluding hydrogens is 218 g/mol. The molecule has 0 unspecified atom stereocenters. The summed E-state index contributed by atoms with van der Waals surface area (Å²) in [4.78, 5) is 0. The van der Waals surface area contributed by atoms with Gasteiger partial charge in [0.25, 0.3) is 0 Å². The molecular formula is C17H30N+. The van der Waals surface area contributed by atoms with Crippen molar-refractivity contribution in [2.24, 2.45) is 0 Å². The van der Waals surface area contributed by atoms with Crippen molar-refractivity contribution in [2.45, 2.75) is 78.2 Å². The summed E-state index contributed by atoms with van der Waals surface area (Å²) in [5.74, 6) is 0. The molecule has 1 heterocycles. The molecule has 0 amide bonds. The van der Waals surface area contributed by atoms with Crippen molar-refractivity contribution in [2.75, 3.05) is 0 Å². The standard InChI is InChI=1S/C17H30N/c1-3-5-6-7-8-9-10-12-17-13-11-15-18(16-17)14-4-2/h11,13,15-16H,3-10,12,14H2,1-2H3/q+1.